The minimum absolute atomic E-state index is 0.122. The maximum Gasteiger partial charge on any atom is 0.240 e. The number of amidine groups is 1. The number of nitrogens with one attached hydrogen (secondary N) is 1. The average molecular weight is 340 g/mol. The topological polar surface area (TPSA) is 88.8 Å². The van der Waals surface area contributed by atoms with Gasteiger partial charge in [-0.2, -0.15) is 4.98 Å². The molecular formula is C20H28N4O. The van der Waals surface area contributed by atoms with E-state index < -0.39 is 5.41 Å². The van der Waals surface area contributed by atoms with Gasteiger partial charge < -0.3 is 10.3 Å². The molecule has 3 N–H and O–H groups in total. The van der Waals surface area contributed by atoms with Crippen molar-refractivity contribution in [2.75, 3.05) is 0 Å². The number of aromatic nitrogens is 2. The van der Waals surface area contributed by atoms with Crippen LogP contribution in [-0.2, 0) is 11.8 Å². The van der Waals surface area contributed by atoms with Crippen molar-refractivity contribution in [1.82, 2.24) is 10.1 Å². The predicted molar refractivity (Wildman–Crippen MR) is 99.6 cm³/mol. The maximum absolute atomic E-state index is 7.71. The lowest BCUT2D eigenvalue weighted by Crippen LogP contribution is -2.27. The molecule has 0 bridgehead atoms. The van der Waals surface area contributed by atoms with Crippen molar-refractivity contribution in [1.29, 1.82) is 5.41 Å². The van der Waals surface area contributed by atoms with E-state index in [4.69, 9.17) is 15.7 Å². The lowest BCUT2D eigenvalue weighted by Gasteiger charge is -2.05. The third-order valence-electron chi connectivity index (χ3n) is 5.13. The van der Waals surface area contributed by atoms with Crippen LogP contribution >= 0.6 is 0 Å². The van der Waals surface area contributed by atoms with Crippen LogP contribution < -0.4 is 5.73 Å². The molecular weight excluding hydrogens is 312 g/mol. The van der Waals surface area contributed by atoms with Crippen LogP contribution in [0.25, 0.3) is 11.4 Å². The van der Waals surface area contributed by atoms with E-state index in [1.807, 2.05) is 12.1 Å². The van der Waals surface area contributed by atoms with E-state index in [2.05, 4.69) is 29.2 Å². The van der Waals surface area contributed by atoms with E-state index in [9.17, 15) is 0 Å². The Morgan fingerprint density at radius 2 is 1.80 bits per heavy atom. The van der Waals surface area contributed by atoms with Crippen LogP contribution in [0.3, 0.4) is 0 Å². The van der Waals surface area contributed by atoms with Crippen molar-refractivity contribution in [2.24, 2.45) is 5.73 Å². The molecule has 5 nitrogen and oxygen atoms in total. The highest BCUT2D eigenvalue weighted by Crippen LogP contribution is 2.47. The molecule has 1 aromatic heterocycles. The van der Waals surface area contributed by atoms with Crippen molar-refractivity contribution in [2.45, 2.75) is 70.1 Å². The highest BCUT2D eigenvalue weighted by molar-refractivity contribution is 5.91. The Kier molecular flexibility index (Phi) is 5.51. The van der Waals surface area contributed by atoms with Gasteiger partial charge in [0.05, 0.1) is 0 Å². The Labute approximate surface area is 149 Å². The first kappa shape index (κ1) is 17.6. The zero-order valence-corrected chi connectivity index (χ0v) is 15.1. The van der Waals surface area contributed by atoms with Gasteiger partial charge in [0.15, 0.2) is 0 Å². The number of nitrogens with two attached hydrogens (primary N) is 1. The summed E-state index contributed by atoms with van der Waals surface area (Å²) in [6.07, 6.45) is 10.7. The third kappa shape index (κ3) is 4.09. The SMILES string of the molecule is CCCCCCCCc1ccc(-c2noc(C3(C(=N)N)CC3)n2)cc1. The molecule has 0 saturated heterocycles. The lowest BCUT2D eigenvalue weighted by atomic mass is 10.0. The summed E-state index contributed by atoms with van der Waals surface area (Å²) in [6.45, 7) is 2.25. The van der Waals surface area contributed by atoms with Gasteiger partial charge in [-0.05, 0) is 31.2 Å². The lowest BCUT2D eigenvalue weighted by molar-refractivity contribution is 0.367. The summed E-state index contributed by atoms with van der Waals surface area (Å²) < 4.78 is 5.37. The largest absolute Gasteiger partial charge is 0.387 e. The van der Waals surface area contributed by atoms with E-state index >= 15 is 0 Å². The van der Waals surface area contributed by atoms with Crippen molar-refractivity contribution in [3.8, 4) is 11.4 Å². The monoisotopic (exact) mass is 340 g/mol. The fraction of sp³-hybridized carbons (Fsp3) is 0.550. The zero-order valence-electron chi connectivity index (χ0n) is 15.1. The summed E-state index contributed by atoms with van der Waals surface area (Å²) in [4.78, 5) is 4.47. The second-order valence-electron chi connectivity index (χ2n) is 7.13. The summed E-state index contributed by atoms with van der Waals surface area (Å²) in [5.41, 5.74) is 7.47. The van der Waals surface area contributed by atoms with Crippen molar-refractivity contribution in [3.63, 3.8) is 0 Å². The van der Waals surface area contributed by atoms with Crippen LogP contribution in [-0.4, -0.2) is 16.0 Å². The molecule has 25 heavy (non-hydrogen) atoms. The minimum atomic E-state index is -0.497. The second kappa shape index (κ2) is 7.81. The second-order valence-corrected chi connectivity index (χ2v) is 7.13. The minimum Gasteiger partial charge on any atom is -0.387 e. The first-order valence-corrected chi connectivity index (χ1v) is 9.44. The van der Waals surface area contributed by atoms with Gasteiger partial charge in [0.25, 0.3) is 0 Å². The van der Waals surface area contributed by atoms with Gasteiger partial charge in [0.2, 0.25) is 11.7 Å². The van der Waals surface area contributed by atoms with E-state index in [1.54, 1.807) is 0 Å². The Hall–Kier alpha value is -2.17. The molecule has 1 fully saturated rings. The predicted octanol–water partition coefficient (Wildman–Crippen LogP) is 4.61. The fourth-order valence-electron chi connectivity index (χ4n) is 3.19. The van der Waals surface area contributed by atoms with E-state index in [-0.39, 0.29) is 5.84 Å². The quantitative estimate of drug-likeness (QED) is 0.375. The Morgan fingerprint density at radius 1 is 1.12 bits per heavy atom. The van der Waals surface area contributed by atoms with Gasteiger partial charge in [-0.3, -0.25) is 5.41 Å². The Bertz CT molecular complexity index is 701. The standard InChI is InChI=1S/C20H28N4O/c1-2-3-4-5-6-7-8-15-9-11-16(12-10-15)17-23-19(25-24-17)20(13-14-20)18(21)22/h9-12H,2-8,13-14H2,1H3,(H3,21,22). The highest BCUT2D eigenvalue weighted by Gasteiger charge is 2.52. The maximum atomic E-state index is 7.71. The number of rotatable bonds is 10. The molecule has 3 rings (SSSR count). The molecule has 0 atom stereocenters. The van der Waals surface area contributed by atoms with Crippen LogP contribution in [0.4, 0.5) is 0 Å². The molecule has 0 aliphatic heterocycles. The summed E-state index contributed by atoms with van der Waals surface area (Å²) in [6, 6.07) is 8.40. The van der Waals surface area contributed by atoms with Crippen LogP contribution in [0.2, 0.25) is 0 Å². The molecule has 1 saturated carbocycles. The number of aryl methyl sites for hydroxylation is 1. The molecule has 134 valence electrons. The van der Waals surface area contributed by atoms with Crippen molar-refractivity contribution < 1.29 is 4.52 Å². The van der Waals surface area contributed by atoms with Gasteiger partial charge in [-0.1, -0.05) is 68.4 Å². The molecule has 0 amide bonds. The summed E-state index contributed by atoms with van der Waals surface area (Å²) >= 11 is 0. The fourth-order valence-corrected chi connectivity index (χ4v) is 3.19. The van der Waals surface area contributed by atoms with E-state index in [0.29, 0.717) is 11.7 Å². The number of hydrogen-bond donors (Lipinski definition) is 2. The van der Waals surface area contributed by atoms with Crippen LogP contribution in [0.15, 0.2) is 28.8 Å². The zero-order chi connectivity index (χ0) is 17.7. The molecule has 1 aliphatic carbocycles. The molecule has 1 heterocycles. The van der Waals surface area contributed by atoms with E-state index in [0.717, 1.165) is 24.8 Å². The van der Waals surface area contributed by atoms with Gasteiger partial charge >= 0.3 is 0 Å². The number of benzene rings is 1. The Morgan fingerprint density at radius 3 is 2.44 bits per heavy atom. The number of unbranched alkanes of at least 4 members (excludes halogenated alkanes) is 5. The molecule has 1 aliphatic rings. The molecule has 1 aromatic carbocycles. The van der Waals surface area contributed by atoms with Gasteiger partial charge in [-0.15, -0.1) is 0 Å². The van der Waals surface area contributed by atoms with Crippen LogP contribution in [0, 0.1) is 5.41 Å². The molecule has 0 unspecified atom stereocenters. The number of nitrogens with zero attached hydrogens (tertiary/aromatic N) is 2. The molecule has 0 radical (unpaired) electrons. The van der Waals surface area contributed by atoms with Gasteiger partial charge in [0, 0.05) is 5.56 Å². The molecule has 2 aromatic rings. The summed E-state index contributed by atoms with van der Waals surface area (Å²) in [5.74, 6) is 1.18. The van der Waals surface area contributed by atoms with Crippen molar-refractivity contribution >= 4 is 5.84 Å². The van der Waals surface area contributed by atoms with Crippen molar-refractivity contribution in [3.05, 3.63) is 35.7 Å². The third-order valence-corrected chi connectivity index (χ3v) is 5.13. The molecule has 5 heteroatoms. The Balaban J connectivity index is 1.54. The number of hydrogen-bond acceptors (Lipinski definition) is 4. The molecule has 0 spiro atoms. The summed E-state index contributed by atoms with van der Waals surface area (Å²) in [7, 11) is 0. The highest BCUT2D eigenvalue weighted by atomic mass is 16.5. The average Bonchev–Trinajstić information content (AvgIpc) is 3.30. The van der Waals surface area contributed by atoms with Gasteiger partial charge in [-0.25, -0.2) is 0 Å². The smallest absolute Gasteiger partial charge is 0.240 e. The summed E-state index contributed by atoms with van der Waals surface area (Å²) in [5, 5.41) is 11.8. The van der Waals surface area contributed by atoms with Crippen LogP contribution in [0.1, 0.15) is 69.7 Å². The van der Waals surface area contributed by atoms with E-state index in [1.165, 1.54) is 44.1 Å². The first-order valence-electron chi connectivity index (χ1n) is 9.44. The van der Waals surface area contributed by atoms with Crippen LogP contribution in [0.5, 0.6) is 0 Å². The first-order chi connectivity index (χ1) is 12.2. The normalized spacial score (nSPS) is 15.2. The van der Waals surface area contributed by atoms with Gasteiger partial charge in [0.1, 0.15) is 11.3 Å².